The molecule has 34 heavy (non-hydrogen) atoms. The summed E-state index contributed by atoms with van der Waals surface area (Å²) in [5.41, 5.74) is 2.97. The van der Waals surface area contributed by atoms with Gasteiger partial charge in [0.25, 0.3) is 0 Å². The molecule has 3 rings (SSSR count). The second-order valence-electron chi connectivity index (χ2n) is 7.85. The number of hydrogen-bond donors (Lipinski definition) is 2. The molecule has 2 N–H and O–H groups in total. The fraction of sp³-hybridized carbons (Fsp3) is 0.346. The maximum Gasteiger partial charge on any atom is 0.229 e. The average molecular weight is 498 g/mol. The predicted octanol–water partition coefficient (Wildman–Crippen LogP) is 7.00. The van der Waals surface area contributed by atoms with E-state index < -0.39 is 0 Å². The topological polar surface area (TPSA) is 82.9 Å². The molecule has 0 aliphatic rings. The summed E-state index contributed by atoms with van der Waals surface area (Å²) in [5, 5.41) is 16.8. The third kappa shape index (κ3) is 7.59. The molecule has 0 bridgehead atoms. The summed E-state index contributed by atoms with van der Waals surface area (Å²) in [7, 11) is 0. The van der Waals surface area contributed by atoms with Crippen LogP contribution in [0.25, 0.3) is 0 Å². The third-order valence-corrected chi connectivity index (χ3v) is 6.07. The van der Waals surface area contributed by atoms with Gasteiger partial charge in [-0.05, 0) is 61.2 Å². The van der Waals surface area contributed by atoms with Crippen LogP contribution in [-0.2, 0) is 11.2 Å². The normalized spacial score (nSPS) is 10.8. The van der Waals surface area contributed by atoms with Crippen molar-refractivity contribution in [2.24, 2.45) is 0 Å². The lowest BCUT2D eigenvalue weighted by atomic mass is 10.1. The second kappa shape index (κ2) is 13.1. The van der Waals surface area contributed by atoms with Gasteiger partial charge in [0.1, 0.15) is 5.82 Å². The Morgan fingerprint density at radius 1 is 1.03 bits per heavy atom. The highest BCUT2D eigenvalue weighted by Crippen LogP contribution is 2.27. The number of rotatable bonds is 12. The van der Waals surface area contributed by atoms with Crippen molar-refractivity contribution in [2.75, 3.05) is 23.8 Å². The van der Waals surface area contributed by atoms with Crippen molar-refractivity contribution in [3.8, 4) is 6.07 Å². The van der Waals surface area contributed by atoms with E-state index in [1.807, 2.05) is 36.4 Å². The monoisotopic (exact) mass is 497 g/mol. The van der Waals surface area contributed by atoms with Gasteiger partial charge in [-0.2, -0.15) is 10.2 Å². The van der Waals surface area contributed by atoms with Crippen LogP contribution in [-0.4, -0.2) is 29.2 Å². The van der Waals surface area contributed by atoms with Crippen LogP contribution in [0.1, 0.15) is 49.9 Å². The minimum Gasteiger partial charge on any atom is -0.378 e. The van der Waals surface area contributed by atoms with Gasteiger partial charge in [0.2, 0.25) is 5.95 Å². The highest BCUT2D eigenvalue weighted by molar-refractivity contribution is 6.36. The summed E-state index contributed by atoms with van der Waals surface area (Å²) in [6.07, 6.45) is 3.69. The van der Waals surface area contributed by atoms with E-state index in [-0.39, 0.29) is 0 Å². The van der Waals surface area contributed by atoms with E-state index in [4.69, 9.17) is 33.2 Å². The molecule has 178 valence electrons. The molecule has 2 aromatic carbocycles. The Kier molecular flexibility index (Phi) is 9.96. The SMILES string of the molecule is CCC(CC)OCCCNc1cc(Cc2c(Cl)cccc2Cl)nc(Nc2ccc(C#N)cc2)n1. The lowest BCUT2D eigenvalue weighted by Gasteiger charge is -2.15. The zero-order valence-electron chi connectivity index (χ0n) is 19.4. The zero-order valence-corrected chi connectivity index (χ0v) is 21.0. The minimum atomic E-state index is 0.314. The van der Waals surface area contributed by atoms with Crippen molar-refractivity contribution in [1.29, 1.82) is 5.26 Å². The van der Waals surface area contributed by atoms with Gasteiger partial charge in [0, 0.05) is 41.4 Å². The molecule has 0 radical (unpaired) electrons. The predicted molar refractivity (Wildman–Crippen MR) is 139 cm³/mol. The number of hydrogen-bond acceptors (Lipinski definition) is 6. The van der Waals surface area contributed by atoms with Crippen molar-refractivity contribution >= 4 is 40.7 Å². The third-order valence-electron chi connectivity index (χ3n) is 5.36. The van der Waals surface area contributed by atoms with Crippen LogP contribution in [0.5, 0.6) is 0 Å². The van der Waals surface area contributed by atoms with Gasteiger partial charge in [0.05, 0.1) is 23.4 Å². The molecule has 1 aromatic heterocycles. The number of halogens is 2. The Balaban J connectivity index is 1.76. The smallest absolute Gasteiger partial charge is 0.229 e. The van der Waals surface area contributed by atoms with Crippen LogP contribution in [0.15, 0.2) is 48.5 Å². The van der Waals surface area contributed by atoms with E-state index in [0.29, 0.717) is 46.5 Å². The number of nitrogens with zero attached hydrogens (tertiary/aromatic N) is 3. The molecule has 6 nitrogen and oxygen atoms in total. The van der Waals surface area contributed by atoms with Crippen LogP contribution in [0.2, 0.25) is 10.0 Å². The Morgan fingerprint density at radius 3 is 2.38 bits per heavy atom. The van der Waals surface area contributed by atoms with E-state index in [1.54, 1.807) is 12.1 Å². The Morgan fingerprint density at radius 2 is 1.74 bits per heavy atom. The molecule has 0 saturated carbocycles. The Labute approximate surface area is 211 Å². The van der Waals surface area contributed by atoms with Crippen LogP contribution in [0, 0.1) is 11.3 Å². The van der Waals surface area contributed by atoms with Crippen molar-refractivity contribution in [1.82, 2.24) is 9.97 Å². The summed E-state index contributed by atoms with van der Waals surface area (Å²) >= 11 is 12.8. The van der Waals surface area contributed by atoms with Crippen molar-refractivity contribution in [2.45, 2.75) is 45.6 Å². The number of nitriles is 1. The van der Waals surface area contributed by atoms with Crippen LogP contribution >= 0.6 is 23.2 Å². The molecule has 0 aliphatic carbocycles. The number of ether oxygens (including phenoxy) is 1. The summed E-state index contributed by atoms with van der Waals surface area (Å²) in [6, 6.07) is 16.6. The lowest BCUT2D eigenvalue weighted by Crippen LogP contribution is -2.14. The highest BCUT2D eigenvalue weighted by Gasteiger charge is 2.11. The molecular weight excluding hydrogens is 469 g/mol. The second-order valence-corrected chi connectivity index (χ2v) is 8.66. The summed E-state index contributed by atoms with van der Waals surface area (Å²) in [6.45, 7) is 5.70. The summed E-state index contributed by atoms with van der Waals surface area (Å²) in [5.74, 6) is 1.15. The summed E-state index contributed by atoms with van der Waals surface area (Å²) < 4.78 is 5.89. The zero-order chi connectivity index (χ0) is 24.3. The van der Waals surface area contributed by atoms with Gasteiger partial charge in [-0.15, -0.1) is 0 Å². The molecule has 0 aliphatic heterocycles. The van der Waals surface area contributed by atoms with E-state index >= 15 is 0 Å². The maximum atomic E-state index is 9.02. The van der Waals surface area contributed by atoms with E-state index in [2.05, 4.69) is 40.5 Å². The first kappa shape index (κ1) is 25.8. The largest absolute Gasteiger partial charge is 0.378 e. The van der Waals surface area contributed by atoms with Gasteiger partial charge in [0.15, 0.2) is 0 Å². The molecule has 0 unspecified atom stereocenters. The van der Waals surface area contributed by atoms with Crippen molar-refractivity contribution < 1.29 is 4.74 Å². The minimum absolute atomic E-state index is 0.314. The quantitative estimate of drug-likeness (QED) is 0.262. The maximum absolute atomic E-state index is 9.02. The Hall–Kier alpha value is -2.85. The summed E-state index contributed by atoms with van der Waals surface area (Å²) in [4.78, 5) is 9.29. The first-order valence-corrected chi connectivity index (χ1v) is 12.2. The fourth-order valence-electron chi connectivity index (χ4n) is 3.44. The van der Waals surface area contributed by atoms with Gasteiger partial charge < -0.3 is 15.4 Å². The lowest BCUT2D eigenvalue weighted by molar-refractivity contribution is 0.0481. The van der Waals surface area contributed by atoms with Crippen LogP contribution in [0.3, 0.4) is 0 Å². The van der Waals surface area contributed by atoms with Crippen molar-refractivity contribution in [3.05, 3.63) is 75.4 Å². The fourth-order valence-corrected chi connectivity index (χ4v) is 3.97. The first-order valence-electron chi connectivity index (χ1n) is 11.5. The molecule has 0 fully saturated rings. The Bertz CT molecular complexity index is 1090. The van der Waals surface area contributed by atoms with E-state index in [1.165, 1.54) is 0 Å². The molecule has 0 atom stereocenters. The van der Waals surface area contributed by atoms with Crippen LogP contribution in [0.4, 0.5) is 17.5 Å². The van der Waals surface area contributed by atoms with Crippen molar-refractivity contribution in [3.63, 3.8) is 0 Å². The molecule has 1 heterocycles. The van der Waals surface area contributed by atoms with Gasteiger partial charge in [-0.1, -0.05) is 43.1 Å². The van der Waals surface area contributed by atoms with Gasteiger partial charge in [-0.25, -0.2) is 4.98 Å². The average Bonchev–Trinajstić information content (AvgIpc) is 2.84. The van der Waals surface area contributed by atoms with E-state index in [0.717, 1.165) is 42.8 Å². The van der Waals surface area contributed by atoms with Gasteiger partial charge >= 0.3 is 0 Å². The molecule has 0 saturated heterocycles. The molecule has 8 heteroatoms. The van der Waals surface area contributed by atoms with E-state index in [9.17, 15) is 0 Å². The highest BCUT2D eigenvalue weighted by atomic mass is 35.5. The molecule has 0 amide bonds. The molecule has 3 aromatic rings. The van der Waals surface area contributed by atoms with Gasteiger partial charge in [-0.3, -0.25) is 0 Å². The standard InChI is InChI=1S/C26H29Cl2N5O/c1-3-21(4-2)34-14-6-13-30-25-16-20(15-22-23(27)7-5-8-24(22)28)32-26(33-25)31-19-11-9-18(17-29)10-12-19/h5,7-12,16,21H,3-4,6,13-15H2,1-2H3,(H2,30,31,32,33). The number of nitrogens with one attached hydrogen (secondary N) is 2. The number of anilines is 3. The number of aromatic nitrogens is 2. The first-order chi connectivity index (χ1) is 16.5. The van der Waals surface area contributed by atoms with Crippen LogP contribution < -0.4 is 10.6 Å². The molecule has 0 spiro atoms. The molecular formula is C26H29Cl2N5O. The number of benzene rings is 2.